The molecule has 0 bridgehead atoms. The second-order valence-corrected chi connectivity index (χ2v) is 4.48. The van der Waals surface area contributed by atoms with Gasteiger partial charge in [0.2, 0.25) is 0 Å². The number of nitro benzene ring substituents is 1. The average molecular weight is 294 g/mol. The summed E-state index contributed by atoms with van der Waals surface area (Å²) in [5.41, 5.74) is 1.48. The van der Waals surface area contributed by atoms with Crippen molar-refractivity contribution in [1.82, 2.24) is 15.0 Å². The Bertz CT molecular complexity index is 898. The Hall–Kier alpha value is -3.35. The van der Waals surface area contributed by atoms with E-state index in [0.29, 0.717) is 16.6 Å². The summed E-state index contributed by atoms with van der Waals surface area (Å²) in [4.78, 5) is 22.6. The second-order valence-electron chi connectivity index (χ2n) is 4.48. The first-order valence-electron chi connectivity index (χ1n) is 6.43. The normalized spacial score (nSPS) is 11.1. The van der Waals surface area contributed by atoms with Gasteiger partial charge in [-0.1, -0.05) is 29.5 Å². The minimum absolute atomic E-state index is 0.0602. The van der Waals surface area contributed by atoms with Gasteiger partial charge in [0.05, 0.1) is 16.0 Å². The molecule has 7 nitrogen and oxygen atoms in total. The fraction of sp³-hybridized carbons (Fsp3) is 0. The molecule has 1 aromatic heterocycles. The lowest BCUT2D eigenvalue weighted by Gasteiger charge is -1.97. The van der Waals surface area contributed by atoms with Crippen molar-refractivity contribution in [2.45, 2.75) is 0 Å². The standard InChI is InChI=1S/C15H10N4O3/c20-15(18-14-8-4-2-6-12(14)16-17-18)10-9-11-5-1-3-7-13(11)19(21)22/h1-10H/b10-9+. The highest BCUT2D eigenvalue weighted by Gasteiger charge is 2.12. The summed E-state index contributed by atoms with van der Waals surface area (Å²) in [5, 5.41) is 18.6. The number of nitro groups is 1. The Labute approximate surface area is 124 Å². The van der Waals surface area contributed by atoms with E-state index >= 15 is 0 Å². The van der Waals surface area contributed by atoms with Crippen molar-refractivity contribution >= 4 is 28.7 Å². The van der Waals surface area contributed by atoms with Gasteiger partial charge < -0.3 is 0 Å². The highest BCUT2D eigenvalue weighted by atomic mass is 16.6. The Morgan fingerprint density at radius 3 is 2.68 bits per heavy atom. The molecule has 3 rings (SSSR count). The fourth-order valence-corrected chi connectivity index (χ4v) is 2.06. The van der Waals surface area contributed by atoms with Crippen LogP contribution in [0.5, 0.6) is 0 Å². The molecule has 0 N–H and O–H groups in total. The minimum Gasteiger partial charge on any atom is -0.267 e. The number of fused-ring (bicyclic) bond motifs is 1. The van der Waals surface area contributed by atoms with Gasteiger partial charge in [0, 0.05) is 12.1 Å². The van der Waals surface area contributed by atoms with Crippen molar-refractivity contribution in [3.63, 3.8) is 0 Å². The van der Waals surface area contributed by atoms with E-state index in [1.165, 1.54) is 18.2 Å². The molecular weight excluding hydrogens is 284 g/mol. The van der Waals surface area contributed by atoms with Crippen LogP contribution in [0, 0.1) is 10.1 Å². The van der Waals surface area contributed by atoms with Crippen LogP contribution in [0.25, 0.3) is 17.1 Å². The van der Waals surface area contributed by atoms with Gasteiger partial charge in [-0.3, -0.25) is 14.9 Å². The molecular formula is C15H10N4O3. The number of benzene rings is 2. The van der Waals surface area contributed by atoms with Crippen LogP contribution in [-0.2, 0) is 0 Å². The second kappa shape index (κ2) is 5.57. The first-order valence-corrected chi connectivity index (χ1v) is 6.43. The maximum atomic E-state index is 12.2. The summed E-state index contributed by atoms with van der Waals surface area (Å²) in [6.07, 6.45) is 2.64. The Balaban J connectivity index is 1.93. The molecule has 0 spiro atoms. The molecule has 22 heavy (non-hydrogen) atoms. The summed E-state index contributed by atoms with van der Waals surface area (Å²) in [6.45, 7) is 0. The molecule has 3 aromatic rings. The number of allylic oxidation sites excluding steroid dienone is 1. The third kappa shape index (κ3) is 2.47. The van der Waals surface area contributed by atoms with Crippen molar-refractivity contribution in [3.05, 3.63) is 70.3 Å². The lowest BCUT2D eigenvalue weighted by atomic mass is 10.1. The Kier molecular flexibility index (Phi) is 3.45. The molecule has 108 valence electrons. The van der Waals surface area contributed by atoms with Gasteiger partial charge >= 0.3 is 0 Å². The van der Waals surface area contributed by atoms with Gasteiger partial charge in [0.25, 0.3) is 11.6 Å². The van der Waals surface area contributed by atoms with Crippen LogP contribution in [0.4, 0.5) is 5.69 Å². The van der Waals surface area contributed by atoms with Gasteiger partial charge in [0.15, 0.2) is 0 Å². The summed E-state index contributed by atoms with van der Waals surface area (Å²) in [5.74, 6) is -0.424. The molecule has 0 unspecified atom stereocenters. The summed E-state index contributed by atoms with van der Waals surface area (Å²) in [6, 6.07) is 13.3. The zero-order chi connectivity index (χ0) is 15.5. The zero-order valence-corrected chi connectivity index (χ0v) is 11.3. The SMILES string of the molecule is O=C(/C=C/c1ccccc1[N+](=O)[O-])n1nnc2ccccc21. The van der Waals surface area contributed by atoms with Crippen LogP contribution < -0.4 is 0 Å². The lowest BCUT2D eigenvalue weighted by Crippen LogP contribution is -2.09. The van der Waals surface area contributed by atoms with Crippen molar-refractivity contribution in [3.8, 4) is 0 Å². The van der Waals surface area contributed by atoms with Crippen LogP contribution in [0.3, 0.4) is 0 Å². The molecule has 1 heterocycles. The third-order valence-corrected chi connectivity index (χ3v) is 3.10. The van der Waals surface area contributed by atoms with Gasteiger partial charge in [0.1, 0.15) is 5.52 Å². The smallest absolute Gasteiger partial charge is 0.267 e. The molecule has 0 radical (unpaired) electrons. The van der Waals surface area contributed by atoms with E-state index in [4.69, 9.17) is 0 Å². The van der Waals surface area contributed by atoms with Gasteiger partial charge in [-0.15, -0.1) is 5.10 Å². The quantitative estimate of drug-likeness (QED) is 0.421. The van der Waals surface area contributed by atoms with E-state index < -0.39 is 10.8 Å². The van der Waals surface area contributed by atoms with Crippen LogP contribution in [0.1, 0.15) is 10.4 Å². The largest absolute Gasteiger partial charge is 0.276 e. The summed E-state index contributed by atoms with van der Waals surface area (Å²) in [7, 11) is 0. The molecule has 0 saturated heterocycles. The molecule has 0 aliphatic heterocycles. The number of carbonyl (C=O) groups excluding carboxylic acids is 1. The maximum absolute atomic E-state index is 12.2. The van der Waals surface area contributed by atoms with Crippen molar-refractivity contribution in [2.75, 3.05) is 0 Å². The molecule has 0 fully saturated rings. The van der Waals surface area contributed by atoms with Crippen LogP contribution in [-0.4, -0.2) is 25.8 Å². The van der Waals surface area contributed by atoms with E-state index in [-0.39, 0.29) is 5.69 Å². The third-order valence-electron chi connectivity index (χ3n) is 3.10. The van der Waals surface area contributed by atoms with Gasteiger partial charge in [-0.25, -0.2) is 0 Å². The summed E-state index contributed by atoms with van der Waals surface area (Å²) >= 11 is 0. The van der Waals surface area contributed by atoms with E-state index in [0.717, 1.165) is 4.68 Å². The monoisotopic (exact) mass is 294 g/mol. The Morgan fingerprint density at radius 2 is 1.86 bits per heavy atom. The molecule has 2 aromatic carbocycles. The number of nitrogens with zero attached hydrogens (tertiary/aromatic N) is 4. The van der Waals surface area contributed by atoms with E-state index in [1.807, 2.05) is 0 Å². The maximum Gasteiger partial charge on any atom is 0.276 e. The van der Waals surface area contributed by atoms with Crippen molar-refractivity contribution in [1.29, 1.82) is 0 Å². The van der Waals surface area contributed by atoms with Gasteiger partial charge in [-0.05, 0) is 24.3 Å². The van der Waals surface area contributed by atoms with E-state index in [2.05, 4.69) is 10.3 Å². The molecule has 0 aliphatic carbocycles. The highest BCUT2D eigenvalue weighted by molar-refractivity contribution is 5.98. The number of hydrogen-bond acceptors (Lipinski definition) is 5. The van der Waals surface area contributed by atoms with Crippen LogP contribution in [0.15, 0.2) is 54.6 Å². The van der Waals surface area contributed by atoms with Crippen molar-refractivity contribution in [2.24, 2.45) is 0 Å². The predicted octanol–water partition coefficient (Wildman–Crippen LogP) is 2.69. The molecule has 0 aliphatic rings. The zero-order valence-electron chi connectivity index (χ0n) is 11.3. The highest BCUT2D eigenvalue weighted by Crippen LogP contribution is 2.19. The Morgan fingerprint density at radius 1 is 1.14 bits per heavy atom. The van der Waals surface area contributed by atoms with E-state index in [1.54, 1.807) is 42.5 Å². The molecule has 0 atom stereocenters. The number of para-hydroxylation sites is 2. The van der Waals surface area contributed by atoms with Crippen molar-refractivity contribution < 1.29 is 9.72 Å². The lowest BCUT2D eigenvalue weighted by molar-refractivity contribution is -0.385. The van der Waals surface area contributed by atoms with E-state index in [9.17, 15) is 14.9 Å². The number of rotatable bonds is 3. The average Bonchev–Trinajstić information content (AvgIpc) is 2.97. The number of carbonyl (C=O) groups is 1. The topological polar surface area (TPSA) is 90.9 Å². The molecule has 0 amide bonds. The van der Waals surface area contributed by atoms with Crippen LogP contribution in [0.2, 0.25) is 0 Å². The summed E-state index contributed by atoms with van der Waals surface area (Å²) < 4.78 is 1.15. The predicted molar refractivity (Wildman–Crippen MR) is 80.3 cm³/mol. The molecule has 0 saturated carbocycles. The number of hydrogen-bond donors (Lipinski definition) is 0. The first-order chi connectivity index (χ1) is 10.7. The minimum atomic E-state index is -0.491. The number of aromatic nitrogens is 3. The first kappa shape index (κ1) is 13.6. The van der Waals surface area contributed by atoms with Crippen LogP contribution >= 0.6 is 0 Å². The fourth-order valence-electron chi connectivity index (χ4n) is 2.06. The van der Waals surface area contributed by atoms with Gasteiger partial charge in [-0.2, -0.15) is 4.68 Å². The molecule has 7 heteroatoms.